The lowest BCUT2D eigenvalue weighted by Crippen LogP contribution is -2.57. The quantitative estimate of drug-likeness (QED) is 0.834. The molecule has 0 saturated carbocycles. The maximum absolute atomic E-state index is 11.9. The zero-order valence-corrected chi connectivity index (χ0v) is 13.7. The number of aromatic nitrogens is 1. The normalized spacial score (nSPS) is 22.8. The van der Waals surface area contributed by atoms with E-state index in [1.807, 2.05) is 13.8 Å². The zero-order valence-electron chi connectivity index (χ0n) is 12.9. The third kappa shape index (κ3) is 2.62. The molecule has 0 N–H and O–H groups in total. The van der Waals surface area contributed by atoms with Crippen LogP contribution in [0, 0.1) is 19.3 Å². The van der Waals surface area contributed by atoms with Crippen molar-refractivity contribution >= 4 is 10.0 Å². The van der Waals surface area contributed by atoms with Gasteiger partial charge in [-0.25, -0.2) is 12.7 Å². The van der Waals surface area contributed by atoms with Crippen LogP contribution in [0.4, 0.5) is 0 Å². The fraction of sp³-hybridized carbons (Fsp3) is 0.786. The number of sulfonamides is 1. The molecule has 21 heavy (non-hydrogen) atoms. The number of aryl methyl sites for hydroxylation is 2. The summed E-state index contributed by atoms with van der Waals surface area (Å²) in [6.07, 6.45) is 0.977. The summed E-state index contributed by atoms with van der Waals surface area (Å²) < 4.78 is 30.8. The molecule has 0 atom stereocenters. The minimum Gasteiger partial charge on any atom is -0.361 e. The van der Waals surface area contributed by atoms with Crippen LogP contribution < -0.4 is 0 Å². The van der Waals surface area contributed by atoms with Crippen molar-refractivity contribution in [2.24, 2.45) is 5.41 Å². The predicted octanol–water partition coefficient (Wildman–Crippen LogP) is 1.15. The van der Waals surface area contributed by atoms with Crippen LogP contribution in [0.5, 0.6) is 0 Å². The van der Waals surface area contributed by atoms with E-state index in [9.17, 15) is 8.42 Å². The molecule has 0 unspecified atom stereocenters. The first kappa shape index (κ1) is 15.0. The molecule has 3 heterocycles. The SMILES string of the molecule is CCS(=O)(=O)N1CCC2(CN(Cc3c(C)noc3C)C2)C1. The largest absolute Gasteiger partial charge is 0.361 e. The summed E-state index contributed by atoms with van der Waals surface area (Å²) >= 11 is 0. The molecule has 3 rings (SSSR count). The summed E-state index contributed by atoms with van der Waals surface area (Å²) in [7, 11) is -3.04. The number of hydrogen-bond acceptors (Lipinski definition) is 5. The van der Waals surface area contributed by atoms with E-state index < -0.39 is 10.0 Å². The second-order valence-electron chi connectivity index (χ2n) is 6.43. The average molecular weight is 313 g/mol. The van der Waals surface area contributed by atoms with Crippen molar-refractivity contribution in [3.8, 4) is 0 Å². The standard InChI is InChI=1S/C14H23N3O3S/c1-4-21(18,19)17-6-5-14(10-17)8-16(9-14)7-13-11(2)15-20-12(13)3/h4-10H2,1-3H3. The zero-order chi connectivity index (χ0) is 15.3. The van der Waals surface area contributed by atoms with Crippen LogP contribution in [-0.4, -0.2) is 54.7 Å². The summed E-state index contributed by atoms with van der Waals surface area (Å²) in [5, 5.41) is 3.98. The molecule has 1 aromatic rings. The average Bonchev–Trinajstić information content (AvgIpc) is 2.98. The van der Waals surface area contributed by atoms with Crippen molar-refractivity contribution in [3.05, 3.63) is 17.0 Å². The molecule has 2 aliphatic rings. The van der Waals surface area contributed by atoms with Crippen molar-refractivity contribution < 1.29 is 12.9 Å². The van der Waals surface area contributed by atoms with Gasteiger partial charge in [-0.3, -0.25) is 4.90 Å². The van der Waals surface area contributed by atoms with Crippen LogP contribution in [0.15, 0.2) is 4.52 Å². The van der Waals surface area contributed by atoms with Gasteiger partial charge in [0.15, 0.2) is 0 Å². The van der Waals surface area contributed by atoms with Gasteiger partial charge in [0, 0.05) is 43.7 Å². The molecule has 118 valence electrons. The van der Waals surface area contributed by atoms with E-state index in [2.05, 4.69) is 10.1 Å². The van der Waals surface area contributed by atoms with E-state index >= 15 is 0 Å². The molecule has 2 saturated heterocycles. The molecule has 1 aromatic heterocycles. The lowest BCUT2D eigenvalue weighted by molar-refractivity contribution is 0.00611. The predicted molar refractivity (Wildman–Crippen MR) is 79.3 cm³/mol. The lowest BCUT2D eigenvalue weighted by Gasteiger charge is -2.48. The Morgan fingerprint density at radius 1 is 1.29 bits per heavy atom. The Hall–Kier alpha value is -0.920. The first-order valence-corrected chi connectivity index (χ1v) is 9.08. The molecule has 7 heteroatoms. The molecule has 0 bridgehead atoms. The van der Waals surface area contributed by atoms with Crippen LogP contribution >= 0.6 is 0 Å². The fourth-order valence-corrected chi connectivity index (χ4v) is 4.74. The minimum atomic E-state index is -3.04. The Morgan fingerprint density at radius 2 is 2.00 bits per heavy atom. The maximum Gasteiger partial charge on any atom is 0.213 e. The van der Waals surface area contributed by atoms with Crippen molar-refractivity contribution in [3.63, 3.8) is 0 Å². The first-order chi connectivity index (χ1) is 9.85. The summed E-state index contributed by atoms with van der Waals surface area (Å²) in [5.41, 5.74) is 2.29. The topological polar surface area (TPSA) is 66.7 Å². The highest BCUT2D eigenvalue weighted by atomic mass is 32.2. The molecule has 1 spiro atoms. The van der Waals surface area contributed by atoms with Crippen molar-refractivity contribution in [1.29, 1.82) is 0 Å². The van der Waals surface area contributed by atoms with E-state index in [0.717, 1.165) is 37.5 Å². The molecule has 2 fully saturated rings. The highest BCUT2D eigenvalue weighted by molar-refractivity contribution is 7.89. The van der Waals surface area contributed by atoms with Crippen LogP contribution in [0.2, 0.25) is 0 Å². The molecule has 0 aromatic carbocycles. The van der Waals surface area contributed by atoms with Crippen LogP contribution in [0.3, 0.4) is 0 Å². The smallest absolute Gasteiger partial charge is 0.213 e. The Morgan fingerprint density at radius 3 is 2.57 bits per heavy atom. The molecule has 0 amide bonds. The molecular weight excluding hydrogens is 290 g/mol. The molecule has 0 radical (unpaired) electrons. The first-order valence-electron chi connectivity index (χ1n) is 7.47. The number of nitrogens with zero attached hydrogens (tertiary/aromatic N) is 3. The Balaban J connectivity index is 1.59. The van der Waals surface area contributed by atoms with Crippen LogP contribution in [-0.2, 0) is 16.6 Å². The third-order valence-corrected chi connectivity index (χ3v) is 6.67. The summed E-state index contributed by atoms with van der Waals surface area (Å²) in [4.78, 5) is 2.36. The van der Waals surface area contributed by atoms with Gasteiger partial charge in [0.1, 0.15) is 5.76 Å². The van der Waals surface area contributed by atoms with E-state index in [0.29, 0.717) is 13.1 Å². The number of rotatable bonds is 4. The van der Waals surface area contributed by atoms with Gasteiger partial charge in [0.05, 0.1) is 11.4 Å². The second kappa shape index (κ2) is 5.07. The Labute approximate surface area is 126 Å². The molecular formula is C14H23N3O3S. The third-order valence-electron chi connectivity index (χ3n) is 4.84. The van der Waals surface area contributed by atoms with E-state index in [-0.39, 0.29) is 11.2 Å². The van der Waals surface area contributed by atoms with Crippen LogP contribution in [0.25, 0.3) is 0 Å². The highest BCUT2D eigenvalue weighted by Crippen LogP contribution is 2.41. The molecule has 2 aliphatic heterocycles. The van der Waals surface area contributed by atoms with Crippen LogP contribution in [0.1, 0.15) is 30.4 Å². The van der Waals surface area contributed by atoms with Gasteiger partial charge in [0.2, 0.25) is 10.0 Å². The molecule has 6 nitrogen and oxygen atoms in total. The van der Waals surface area contributed by atoms with Gasteiger partial charge in [-0.1, -0.05) is 5.16 Å². The van der Waals surface area contributed by atoms with E-state index in [4.69, 9.17) is 4.52 Å². The molecule has 0 aliphatic carbocycles. The summed E-state index contributed by atoms with van der Waals surface area (Å²) in [5.74, 6) is 1.08. The van der Waals surface area contributed by atoms with Gasteiger partial charge in [-0.05, 0) is 27.2 Å². The monoisotopic (exact) mass is 313 g/mol. The lowest BCUT2D eigenvalue weighted by atomic mass is 9.79. The fourth-order valence-electron chi connectivity index (χ4n) is 3.54. The Bertz CT molecular complexity index is 612. The number of hydrogen-bond donors (Lipinski definition) is 0. The Kier molecular flexibility index (Phi) is 3.62. The van der Waals surface area contributed by atoms with E-state index in [1.165, 1.54) is 5.56 Å². The maximum atomic E-state index is 11.9. The van der Waals surface area contributed by atoms with Crippen molar-refractivity contribution in [1.82, 2.24) is 14.4 Å². The van der Waals surface area contributed by atoms with Gasteiger partial charge >= 0.3 is 0 Å². The van der Waals surface area contributed by atoms with Gasteiger partial charge in [-0.15, -0.1) is 0 Å². The van der Waals surface area contributed by atoms with Gasteiger partial charge in [-0.2, -0.15) is 0 Å². The highest BCUT2D eigenvalue weighted by Gasteiger charge is 2.49. The summed E-state index contributed by atoms with van der Waals surface area (Å²) in [6.45, 7) is 9.76. The second-order valence-corrected chi connectivity index (χ2v) is 8.69. The van der Waals surface area contributed by atoms with Gasteiger partial charge < -0.3 is 4.52 Å². The van der Waals surface area contributed by atoms with Gasteiger partial charge in [0.25, 0.3) is 0 Å². The van der Waals surface area contributed by atoms with Crippen molar-refractivity contribution in [2.45, 2.75) is 33.7 Å². The number of likely N-dealkylation sites (tertiary alicyclic amines) is 1. The summed E-state index contributed by atoms with van der Waals surface area (Å²) in [6, 6.07) is 0. The van der Waals surface area contributed by atoms with E-state index in [1.54, 1.807) is 11.2 Å². The van der Waals surface area contributed by atoms with Crippen molar-refractivity contribution in [2.75, 3.05) is 31.9 Å². The minimum absolute atomic E-state index is 0.168.